The number of amides is 2. The van der Waals surface area contributed by atoms with Crippen molar-refractivity contribution in [3.05, 3.63) is 131 Å². The second-order valence-corrected chi connectivity index (χ2v) is 13.4. The Morgan fingerprint density at radius 2 is 1.40 bits per heavy atom. The highest BCUT2D eigenvalue weighted by molar-refractivity contribution is 7.92. The summed E-state index contributed by atoms with van der Waals surface area (Å²) < 4.78 is 29.5. The van der Waals surface area contributed by atoms with Crippen molar-refractivity contribution >= 4 is 27.5 Å². The molecule has 1 N–H and O–H groups in total. The van der Waals surface area contributed by atoms with Gasteiger partial charge in [0.25, 0.3) is 10.0 Å². The van der Waals surface area contributed by atoms with Crippen molar-refractivity contribution in [3.63, 3.8) is 0 Å². The Morgan fingerprint density at radius 1 is 0.778 bits per heavy atom. The third-order valence-corrected chi connectivity index (χ3v) is 10.1. The molecule has 8 heteroatoms. The van der Waals surface area contributed by atoms with E-state index in [2.05, 4.69) is 5.32 Å². The summed E-state index contributed by atoms with van der Waals surface area (Å²) in [5.41, 5.74) is 5.04. The fourth-order valence-corrected chi connectivity index (χ4v) is 6.52. The van der Waals surface area contributed by atoms with Crippen LogP contribution in [0.15, 0.2) is 108 Å². The summed E-state index contributed by atoms with van der Waals surface area (Å²) in [6, 6.07) is 29.8. The Bertz CT molecular complexity index is 1710. The smallest absolute Gasteiger partial charge is 0.264 e. The van der Waals surface area contributed by atoms with Gasteiger partial charge in [0, 0.05) is 19.0 Å². The first kappa shape index (κ1) is 33.5. The SMILES string of the molecule is CC[C@H](C)NC(=O)[C@H](Cc1ccccc1)N(Cc1ccccc1C)C(=O)CN(c1ccc(C)c(C)c1)S(=O)(=O)c1ccccc1. The number of hydrogen-bond acceptors (Lipinski definition) is 4. The minimum absolute atomic E-state index is 0.0804. The van der Waals surface area contributed by atoms with Crippen LogP contribution in [0.2, 0.25) is 0 Å². The molecule has 0 bridgehead atoms. The van der Waals surface area contributed by atoms with E-state index < -0.39 is 28.5 Å². The molecule has 0 aliphatic rings. The number of rotatable bonds is 13. The average Bonchev–Trinajstić information content (AvgIpc) is 3.04. The largest absolute Gasteiger partial charge is 0.352 e. The molecule has 4 aromatic carbocycles. The first-order valence-corrected chi connectivity index (χ1v) is 16.8. The van der Waals surface area contributed by atoms with E-state index in [9.17, 15) is 18.0 Å². The standard InChI is InChI=1S/C37H43N3O4S/c1-6-30(5)38-37(42)35(24-31-16-9-7-10-17-31)39(25-32-18-14-13-15-28(32)3)36(41)26-40(33-22-21-27(2)29(4)23-33)45(43,44)34-19-11-8-12-20-34/h7-23,30,35H,6,24-26H2,1-5H3,(H,38,42)/t30-,35-/m0/s1. The van der Waals surface area contributed by atoms with E-state index >= 15 is 0 Å². The van der Waals surface area contributed by atoms with E-state index in [0.717, 1.165) is 38.5 Å². The molecular formula is C37H43N3O4S. The van der Waals surface area contributed by atoms with Gasteiger partial charge in [-0.3, -0.25) is 13.9 Å². The maximum Gasteiger partial charge on any atom is 0.264 e. The van der Waals surface area contributed by atoms with Crippen molar-refractivity contribution in [3.8, 4) is 0 Å². The first-order valence-electron chi connectivity index (χ1n) is 15.3. The minimum Gasteiger partial charge on any atom is -0.352 e. The van der Waals surface area contributed by atoms with Crippen molar-refractivity contribution in [2.24, 2.45) is 0 Å². The Kier molecular flexibility index (Phi) is 11.2. The second kappa shape index (κ2) is 15.0. The van der Waals surface area contributed by atoms with Crippen LogP contribution in [0.5, 0.6) is 0 Å². The Morgan fingerprint density at radius 3 is 2.02 bits per heavy atom. The molecule has 0 aliphatic heterocycles. The molecule has 0 aliphatic carbocycles. The molecule has 2 amide bonds. The van der Waals surface area contributed by atoms with Gasteiger partial charge in [0.15, 0.2) is 0 Å². The number of anilines is 1. The van der Waals surface area contributed by atoms with Gasteiger partial charge in [-0.1, -0.05) is 85.8 Å². The molecule has 7 nitrogen and oxygen atoms in total. The zero-order chi connectivity index (χ0) is 32.6. The van der Waals surface area contributed by atoms with Gasteiger partial charge in [-0.05, 0) is 86.2 Å². The zero-order valence-corrected chi connectivity index (χ0v) is 27.6. The quantitative estimate of drug-likeness (QED) is 0.187. The molecule has 4 rings (SSSR count). The fourth-order valence-electron chi connectivity index (χ4n) is 5.10. The number of benzene rings is 4. The van der Waals surface area contributed by atoms with Gasteiger partial charge in [-0.15, -0.1) is 0 Å². The number of carbonyl (C=O) groups is 2. The van der Waals surface area contributed by atoms with E-state index in [-0.39, 0.29) is 29.8 Å². The molecule has 2 atom stereocenters. The second-order valence-electron chi connectivity index (χ2n) is 11.6. The molecule has 0 unspecified atom stereocenters. The highest BCUT2D eigenvalue weighted by Gasteiger charge is 2.35. The Labute approximate surface area is 268 Å². The van der Waals surface area contributed by atoms with E-state index in [1.54, 1.807) is 35.2 Å². The molecule has 236 valence electrons. The van der Waals surface area contributed by atoms with Gasteiger partial charge >= 0.3 is 0 Å². The molecule has 0 fully saturated rings. The molecule has 0 saturated carbocycles. The maximum atomic E-state index is 14.6. The van der Waals surface area contributed by atoms with Gasteiger partial charge in [0.2, 0.25) is 11.8 Å². The lowest BCUT2D eigenvalue weighted by Crippen LogP contribution is -2.54. The highest BCUT2D eigenvalue weighted by Crippen LogP contribution is 2.27. The molecule has 0 saturated heterocycles. The van der Waals surface area contributed by atoms with Crippen LogP contribution in [0.3, 0.4) is 0 Å². The van der Waals surface area contributed by atoms with Crippen molar-refractivity contribution in [1.82, 2.24) is 10.2 Å². The first-order chi connectivity index (χ1) is 21.5. The van der Waals surface area contributed by atoms with Crippen molar-refractivity contribution in [1.29, 1.82) is 0 Å². The van der Waals surface area contributed by atoms with Crippen LogP contribution in [-0.4, -0.2) is 43.8 Å². The van der Waals surface area contributed by atoms with Crippen molar-refractivity contribution in [2.75, 3.05) is 10.8 Å². The number of nitrogens with one attached hydrogen (secondary N) is 1. The predicted molar refractivity (Wildman–Crippen MR) is 180 cm³/mol. The lowest BCUT2D eigenvalue weighted by atomic mass is 10.0. The monoisotopic (exact) mass is 625 g/mol. The molecule has 45 heavy (non-hydrogen) atoms. The Balaban J connectivity index is 1.83. The summed E-state index contributed by atoms with van der Waals surface area (Å²) in [6.07, 6.45) is 1.00. The van der Waals surface area contributed by atoms with Crippen LogP contribution in [0, 0.1) is 20.8 Å². The Hall–Kier alpha value is -4.43. The van der Waals surface area contributed by atoms with Crippen LogP contribution >= 0.6 is 0 Å². The fraction of sp³-hybridized carbons (Fsp3) is 0.297. The number of hydrogen-bond donors (Lipinski definition) is 1. The third-order valence-electron chi connectivity index (χ3n) is 8.26. The van der Waals surface area contributed by atoms with Gasteiger partial charge in [-0.25, -0.2) is 8.42 Å². The zero-order valence-electron chi connectivity index (χ0n) is 26.7. The molecule has 4 aromatic rings. The molecule has 0 heterocycles. The molecule has 0 aromatic heterocycles. The number of sulfonamides is 1. The summed E-state index contributed by atoms with van der Waals surface area (Å²) in [7, 11) is -4.14. The summed E-state index contributed by atoms with van der Waals surface area (Å²) in [5, 5.41) is 3.08. The topological polar surface area (TPSA) is 86.8 Å². The van der Waals surface area contributed by atoms with Crippen LogP contribution in [0.25, 0.3) is 0 Å². The van der Waals surface area contributed by atoms with Crippen LogP contribution < -0.4 is 9.62 Å². The maximum absolute atomic E-state index is 14.6. The molecular weight excluding hydrogens is 582 g/mol. The third kappa shape index (κ3) is 8.39. The summed E-state index contributed by atoms with van der Waals surface area (Å²) >= 11 is 0. The lowest BCUT2D eigenvalue weighted by molar-refractivity contribution is -0.140. The molecule has 0 spiro atoms. The van der Waals surface area contributed by atoms with E-state index in [1.165, 1.54) is 12.1 Å². The predicted octanol–water partition coefficient (Wildman–Crippen LogP) is 6.36. The number of nitrogens with zero attached hydrogens (tertiary/aromatic N) is 2. The number of carbonyl (C=O) groups excluding carboxylic acids is 2. The van der Waals surface area contributed by atoms with E-state index in [1.807, 2.05) is 95.3 Å². The average molecular weight is 626 g/mol. The molecule has 0 radical (unpaired) electrons. The summed E-state index contributed by atoms with van der Waals surface area (Å²) in [4.78, 5) is 30.2. The van der Waals surface area contributed by atoms with Gasteiger partial charge in [-0.2, -0.15) is 0 Å². The van der Waals surface area contributed by atoms with Crippen molar-refractivity contribution in [2.45, 2.75) is 71.0 Å². The summed E-state index contributed by atoms with van der Waals surface area (Å²) in [5.74, 6) is -0.755. The number of aryl methyl sites for hydroxylation is 3. The minimum atomic E-state index is -4.14. The normalized spacial score (nSPS) is 12.6. The van der Waals surface area contributed by atoms with Gasteiger partial charge in [0.05, 0.1) is 10.6 Å². The van der Waals surface area contributed by atoms with Crippen LogP contribution in [0.4, 0.5) is 5.69 Å². The van der Waals surface area contributed by atoms with Crippen LogP contribution in [0.1, 0.15) is 48.1 Å². The van der Waals surface area contributed by atoms with Crippen LogP contribution in [-0.2, 0) is 32.6 Å². The highest BCUT2D eigenvalue weighted by atomic mass is 32.2. The van der Waals surface area contributed by atoms with E-state index in [4.69, 9.17) is 0 Å². The lowest BCUT2D eigenvalue weighted by Gasteiger charge is -2.34. The van der Waals surface area contributed by atoms with Crippen molar-refractivity contribution < 1.29 is 18.0 Å². The van der Waals surface area contributed by atoms with Gasteiger partial charge < -0.3 is 10.2 Å². The van der Waals surface area contributed by atoms with Gasteiger partial charge in [0.1, 0.15) is 12.6 Å². The van der Waals surface area contributed by atoms with E-state index in [0.29, 0.717) is 5.69 Å². The summed E-state index contributed by atoms with van der Waals surface area (Å²) in [6.45, 7) is 9.41.